The fourth-order valence-electron chi connectivity index (χ4n) is 1.48. The maximum Gasteiger partial charge on any atom is 0.326 e. The van der Waals surface area contributed by atoms with Crippen molar-refractivity contribution >= 4 is 11.9 Å². The molecular weight excluding hydrogens is 230 g/mol. The van der Waals surface area contributed by atoms with E-state index in [1.54, 1.807) is 27.8 Å². The molecule has 0 saturated heterocycles. The Morgan fingerprint density at radius 3 is 2.33 bits per heavy atom. The van der Waals surface area contributed by atoms with Crippen molar-refractivity contribution in [1.82, 2.24) is 4.90 Å². The molecule has 0 aliphatic carbocycles. The summed E-state index contributed by atoms with van der Waals surface area (Å²) in [6, 6.07) is 0. The Hall–Kier alpha value is -1.32. The summed E-state index contributed by atoms with van der Waals surface area (Å²) in [5.74, 6) is -0.243. The summed E-state index contributed by atoms with van der Waals surface area (Å²) in [6.45, 7) is 9.31. The highest BCUT2D eigenvalue weighted by Gasteiger charge is 2.20. The van der Waals surface area contributed by atoms with Gasteiger partial charge in [0.25, 0.3) is 0 Å². The number of hydrogen-bond acceptors (Lipinski definition) is 3. The zero-order valence-corrected chi connectivity index (χ0v) is 12.3. The molecule has 1 amide bonds. The highest BCUT2D eigenvalue weighted by Crippen LogP contribution is 2.09. The van der Waals surface area contributed by atoms with Crippen LogP contribution in [-0.4, -0.2) is 36.0 Å². The SMILES string of the molecule is C/C=C/C(C)CC(=O)N(C)CC(=O)OC(C)(C)C. The number of carbonyl (C=O) groups is 2. The highest BCUT2D eigenvalue weighted by molar-refractivity contribution is 5.82. The van der Waals surface area contributed by atoms with Gasteiger partial charge in [-0.15, -0.1) is 0 Å². The number of rotatable bonds is 5. The van der Waals surface area contributed by atoms with E-state index in [4.69, 9.17) is 4.74 Å². The van der Waals surface area contributed by atoms with Gasteiger partial charge in [-0.1, -0.05) is 19.1 Å². The van der Waals surface area contributed by atoms with E-state index < -0.39 is 5.60 Å². The molecule has 0 aromatic heterocycles. The number of nitrogens with zero attached hydrogens (tertiary/aromatic N) is 1. The van der Waals surface area contributed by atoms with E-state index in [2.05, 4.69) is 0 Å². The molecule has 0 aromatic carbocycles. The van der Waals surface area contributed by atoms with Gasteiger partial charge in [0.05, 0.1) is 0 Å². The third-order valence-corrected chi connectivity index (χ3v) is 2.23. The summed E-state index contributed by atoms with van der Waals surface area (Å²) in [7, 11) is 1.62. The number of hydrogen-bond donors (Lipinski definition) is 0. The summed E-state index contributed by atoms with van der Waals surface area (Å²) < 4.78 is 5.16. The molecule has 104 valence electrons. The van der Waals surface area contributed by atoms with E-state index in [0.29, 0.717) is 6.42 Å². The zero-order valence-electron chi connectivity index (χ0n) is 12.3. The number of esters is 1. The second-order valence-electron chi connectivity index (χ2n) is 5.54. The first-order valence-corrected chi connectivity index (χ1v) is 6.24. The lowest BCUT2D eigenvalue weighted by molar-refractivity contribution is -0.158. The van der Waals surface area contributed by atoms with Gasteiger partial charge in [0, 0.05) is 13.5 Å². The van der Waals surface area contributed by atoms with Crippen LogP contribution in [0.1, 0.15) is 41.0 Å². The summed E-state index contributed by atoms with van der Waals surface area (Å²) >= 11 is 0. The van der Waals surface area contributed by atoms with Gasteiger partial charge in [0.1, 0.15) is 12.1 Å². The predicted octanol–water partition coefficient (Wildman–Crippen LogP) is 2.39. The summed E-state index contributed by atoms with van der Waals surface area (Å²) in [5, 5.41) is 0. The van der Waals surface area contributed by atoms with Crippen molar-refractivity contribution in [1.29, 1.82) is 0 Å². The second kappa shape index (κ2) is 7.19. The van der Waals surface area contributed by atoms with Crippen molar-refractivity contribution in [2.45, 2.75) is 46.6 Å². The van der Waals surface area contributed by atoms with Crippen LogP contribution in [0.25, 0.3) is 0 Å². The summed E-state index contributed by atoms with van der Waals surface area (Å²) in [5.41, 5.74) is -0.515. The van der Waals surface area contributed by atoms with Gasteiger partial charge in [-0.05, 0) is 33.6 Å². The molecule has 1 unspecified atom stereocenters. The minimum atomic E-state index is -0.515. The minimum absolute atomic E-state index is 0.00133. The van der Waals surface area contributed by atoms with Gasteiger partial charge >= 0.3 is 5.97 Å². The van der Waals surface area contributed by atoms with Gasteiger partial charge in [-0.2, -0.15) is 0 Å². The molecule has 0 radical (unpaired) electrons. The van der Waals surface area contributed by atoms with Gasteiger partial charge in [-0.25, -0.2) is 0 Å². The van der Waals surface area contributed by atoms with Crippen molar-refractivity contribution in [2.24, 2.45) is 5.92 Å². The number of likely N-dealkylation sites (N-methyl/N-ethyl adjacent to an activating group) is 1. The summed E-state index contributed by atoms with van der Waals surface area (Å²) in [6.07, 6.45) is 4.30. The van der Waals surface area contributed by atoms with Crippen LogP contribution in [0.15, 0.2) is 12.2 Å². The standard InChI is InChI=1S/C14H25NO3/c1-7-8-11(2)9-12(16)15(6)10-13(17)18-14(3,4)5/h7-8,11H,9-10H2,1-6H3/b8-7+. The monoisotopic (exact) mass is 255 g/mol. The van der Waals surface area contributed by atoms with E-state index in [1.165, 1.54) is 4.90 Å². The van der Waals surface area contributed by atoms with Crippen LogP contribution in [0, 0.1) is 5.92 Å². The molecule has 0 aromatic rings. The van der Waals surface area contributed by atoms with Gasteiger partial charge in [0.2, 0.25) is 5.91 Å². The fraction of sp³-hybridized carbons (Fsp3) is 0.714. The molecule has 0 bridgehead atoms. The molecule has 0 heterocycles. The van der Waals surface area contributed by atoms with Crippen molar-refractivity contribution in [3.8, 4) is 0 Å². The van der Waals surface area contributed by atoms with E-state index in [-0.39, 0.29) is 24.3 Å². The maximum absolute atomic E-state index is 11.8. The fourth-order valence-corrected chi connectivity index (χ4v) is 1.48. The van der Waals surface area contributed by atoms with Crippen molar-refractivity contribution in [2.75, 3.05) is 13.6 Å². The number of allylic oxidation sites excluding steroid dienone is 2. The molecule has 0 saturated carbocycles. The third kappa shape index (κ3) is 7.87. The van der Waals surface area contributed by atoms with Crippen LogP contribution in [0.4, 0.5) is 0 Å². The van der Waals surface area contributed by atoms with Gasteiger partial charge in [-0.3, -0.25) is 9.59 Å². The minimum Gasteiger partial charge on any atom is -0.459 e. The van der Waals surface area contributed by atoms with E-state index >= 15 is 0 Å². The van der Waals surface area contributed by atoms with Gasteiger partial charge in [0.15, 0.2) is 0 Å². The van der Waals surface area contributed by atoms with Crippen LogP contribution in [-0.2, 0) is 14.3 Å². The number of carbonyl (C=O) groups excluding carboxylic acids is 2. The van der Waals surface area contributed by atoms with E-state index in [9.17, 15) is 9.59 Å². The van der Waals surface area contributed by atoms with Crippen molar-refractivity contribution < 1.29 is 14.3 Å². The Labute approximate surface area is 110 Å². The van der Waals surface area contributed by atoms with Gasteiger partial charge < -0.3 is 9.64 Å². The quantitative estimate of drug-likeness (QED) is 0.560. The van der Waals surface area contributed by atoms with E-state index in [0.717, 1.165) is 0 Å². The Bertz CT molecular complexity index is 315. The Morgan fingerprint density at radius 2 is 1.89 bits per heavy atom. The largest absolute Gasteiger partial charge is 0.459 e. The Morgan fingerprint density at radius 1 is 1.33 bits per heavy atom. The number of amides is 1. The first-order valence-electron chi connectivity index (χ1n) is 6.24. The first kappa shape index (κ1) is 16.7. The van der Waals surface area contributed by atoms with E-state index in [1.807, 2.05) is 26.0 Å². The molecule has 1 atom stereocenters. The molecule has 0 fully saturated rings. The van der Waals surface area contributed by atoms with Crippen LogP contribution < -0.4 is 0 Å². The molecule has 4 nitrogen and oxygen atoms in total. The third-order valence-electron chi connectivity index (χ3n) is 2.23. The topological polar surface area (TPSA) is 46.6 Å². The average Bonchev–Trinajstić information content (AvgIpc) is 2.14. The summed E-state index contributed by atoms with van der Waals surface area (Å²) in [4.78, 5) is 24.8. The van der Waals surface area contributed by atoms with Crippen LogP contribution in [0.3, 0.4) is 0 Å². The molecule has 0 aliphatic rings. The first-order chi connectivity index (χ1) is 8.15. The molecule has 18 heavy (non-hydrogen) atoms. The van der Waals surface area contributed by atoms with Crippen molar-refractivity contribution in [3.63, 3.8) is 0 Å². The Kier molecular flexibility index (Phi) is 6.66. The molecular formula is C14H25NO3. The molecule has 0 spiro atoms. The maximum atomic E-state index is 11.8. The zero-order chi connectivity index (χ0) is 14.3. The molecule has 0 N–H and O–H groups in total. The number of ether oxygens (including phenoxy) is 1. The van der Waals surface area contributed by atoms with Crippen LogP contribution >= 0.6 is 0 Å². The lowest BCUT2D eigenvalue weighted by atomic mass is 10.1. The predicted molar refractivity (Wildman–Crippen MR) is 72.1 cm³/mol. The average molecular weight is 255 g/mol. The smallest absolute Gasteiger partial charge is 0.326 e. The molecule has 4 heteroatoms. The second-order valence-corrected chi connectivity index (χ2v) is 5.54. The van der Waals surface area contributed by atoms with Crippen LogP contribution in [0.5, 0.6) is 0 Å². The highest BCUT2D eigenvalue weighted by atomic mass is 16.6. The lowest BCUT2D eigenvalue weighted by Crippen LogP contribution is -2.36. The normalized spacial score (nSPS) is 13.4. The Balaban J connectivity index is 4.20. The van der Waals surface area contributed by atoms with Crippen LogP contribution in [0.2, 0.25) is 0 Å². The molecule has 0 aliphatic heterocycles. The lowest BCUT2D eigenvalue weighted by Gasteiger charge is -2.23. The molecule has 0 rings (SSSR count). The van der Waals surface area contributed by atoms with Crippen molar-refractivity contribution in [3.05, 3.63) is 12.2 Å².